The Morgan fingerprint density at radius 3 is 2.80 bits per heavy atom. The van der Waals surface area contributed by atoms with Crippen molar-refractivity contribution in [1.82, 2.24) is 15.1 Å². The fraction of sp³-hybridized carbons (Fsp3) is 1.00. The molecule has 0 amide bonds. The maximum absolute atomic E-state index is 3.70. The first-order chi connectivity index (χ1) is 9.86. The zero-order valence-electron chi connectivity index (χ0n) is 13.3. The predicted molar refractivity (Wildman–Crippen MR) is 85.1 cm³/mol. The second kappa shape index (κ2) is 7.24. The molecular weight excluding hydrogens is 246 g/mol. The van der Waals surface area contributed by atoms with Gasteiger partial charge in [-0.1, -0.05) is 13.3 Å². The van der Waals surface area contributed by atoms with Crippen LogP contribution in [0.5, 0.6) is 0 Å². The molecule has 0 aromatic heterocycles. The Morgan fingerprint density at radius 1 is 1.00 bits per heavy atom. The quantitative estimate of drug-likeness (QED) is 0.833. The maximum atomic E-state index is 3.70. The Balaban J connectivity index is 1.45. The first kappa shape index (κ1) is 14.8. The first-order valence-corrected chi connectivity index (χ1v) is 9.06. The molecule has 2 saturated heterocycles. The molecule has 3 unspecified atom stereocenters. The van der Waals surface area contributed by atoms with Gasteiger partial charge in [0.25, 0.3) is 0 Å². The van der Waals surface area contributed by atoms with E-state index in [1.54, 1.807) is 0 Å². The summed E-state index contributed by atoms with van der Waals surface area (Å²) in [5, 5.41) is 3.70. The monoisotopic (exact) mass is 279 g/mol. The fourth-order valence-electron chi connectivity index (χ4n) is 4.75. The van der Waals surface area contributed by atoms with E-state index in [0.717, 1.165) is 24.5 Å². The summed E-state index contributed by atoms with van der Waals surface area (Å²) in [7, 11) is 0. The third kappa shape index (κ3) is 3.55. The van der Waals surface area contributed by atoms with Crippen LogP contribution in [0.1, 0.15) is 51.9 Å². The van der Waals surface area contributed by atoms with E-state index in [4.69, 9.17) is 0 Å². The average molecular weight is 279 g/mol. The van der Waals surface area contributed by atoms with Crippen LogP contribution in [-0.2, 0) is 0 Å². The van der Waals surface area contributed by atoms with Gasteiger partial charge < -0.3 is 10.2 Å². The molecule has 0 spiro atoms. The minimum atomic E-state index is 0.815. The normalized spacial score (nSPS) is 36.1. The number of hydrogen-bond donors (Lipinski definition) is 1. The molecule has 116 valence electrons. The van der Waals surface area contributed by atoms with Gasteiger partial charge in [-0.25, -0.2) is 0 Å². The lowest BCUT2D eigenvalue weighted by Crippen LogP contribution is -2.38. The van der Waals surface area contributed by atoms with Gasteiger partial charge in [-0.15, -0.1) is 0 Å². The van der Waals surface area contributed by atoms with Gasteiger partial charge in [0.1, 0.15) is 0 Å². The predicted octanol–water partition coefficient (Wildman–Crippen LogP) is 2.32. The van der Waals surface area contributed by atoms with Crippen LogP contribution in [-0.4, -0.2) is 61.2 Å². The van der Waals surface area contributed by atoms with Gasteiger partial charge in [0.15, 0.2) is 0 Å². The van der Waals surface area contributed by atoms with Crippen molar-refractivity contribution in [2.24, 2.45) is 5.92 Å². The summed E-state index contributed by atoms with van der Waals surface area (Å²) in [6.45, 7) is 10.1. The molecule has 20 heavy (non-hydrogen) atoms. The van der Waals surface area contributed by atoms with E-state index in [9.17, 15) is 0 Å². The summed E-state index contributed by atoms with van der Waals surface area (Å²) in [6, 6.07) is 1.69. The second-order valence-electron chi connectivity index (χ2n) is 7.13. The average Bonchev–Trinajstić information content (AvgIpc) is 3.03. The first-order valence-electron chi connectivity index (χ1n) is 9.06. The molecule has 1 saturated carbocycles. The summed E-state index contributed by atoms with van der Waals surface area (Å²) < 4.78 is 0. The summed E-state index contributed by atoms with van der Waals surface area (Å²) in [4.78, 5) is 5.52. The minimum absolute atomic E-state index is 0.815. The van der Waals surface area contributed by atoms with Crippen molar-refractivity contribution in [2.45, 2.75) is 64.0 Å². The zero-order chi connectivity index (χ0) is 13.8. The van der Waals surface area contributed by atoms with Crippen LogP contribution in [0.2, 0.25) is 0 Å². The smallest absolute Gasteiger partial charge is 0.0223 e. The summed E-state index contributed by atoms with van der Waals surface area (Å²) in [5.74, 6) is 0.942. The zero-order valence-corrected chi connectivity index (χ0v) is 13.3. The minimum Gasteiger partial charge on any atom is -0.314 e. The van der Waals surface area contributed by atoms with Crippen molar-refractivity contribution >= 4 is 0 Å². The molecular formula is C17H33N3. The van der Waals surface area contributed by atoms with E-state index in [1.807, 2.05) is 0 Å². The number of fused-ring (bicyclic) bond motifs is 1. The van der Waals surface area contributed by atoms with Gasteiger partial charge in [-0.3, -0.25) is 4.90 Å². The van der Waals surface area contributed by atoms with Crippen LogP contribution in [0.4, 0.5) is 0 Å². The SMILES string of the molecule is CCNC1CCCC1CCN1CCCN2CCCC2C1. The standard InChI is InChI=1S/C17H33N3/c1-2-18-17-8-3-6-15(17)9-13-19-10-5-12-20-11-4-7-16(20)14-19/h15-18H,2-14H2,1H3. The van der Waals surface area contributed by atoms with E-state index in [0.29, 0.717) is 0 Å². The van der Waals surface area contributed by atoms with Crippen molar-refractivity contribution < 1.29 is 0 Å². The van der Waals surface area contributed by atoms with E-state index >= 15 is 0 Å². The molecule has 3 rings (SSSR count). The van der Waals surface area contributed by atoms with Crippen molar-refractivity contribution in [2.75, 3.05) is 39.3 Å². The Bertz CT molecular complexity index is 294. The molecule has 2 aliphatic heterocycles. The van der Waals surface area contributed by atoms with Crippen LogP contribution in [0, 0.1) is 5.92 Å². The lowest BCUT2D eigenvalue weighted by Gasteiger charge is -2.28. The van der Waals surface area contributed by atoms with Crippen LogP contribution >= 0.6 is 0 Å². The van der Waals surface area contributed by atoms with Gasteiger partial charge >= 0.3 is 0 Å². The molecule has 0 bridgehead atoms. The molecule has 0 aromatic rings. The Labute approximate surface area is 125 Å². The highest BCUT2D eigenvalue weighted by Gasteiger charge is 2.30. The summed E-state index contributed by atoms with van der Waals surface area (Å²) in [6.07, 6.45) is 10.0. The van der Waals surface area contributed by atoms with Crippen molar-refractivity contribution in [3.8, 4) is 0 Å². The number of nitrogens with zero attached hydrogens (tertiary/aromatic N) is 2. The molecule has 3 heteroatoms. The van der Waals surface area contributed by atoms with Crippen LogP contribution < -0.4 is 5.32 Å². The lowest BCUT2D eigenvalue weighted by atomic mass is 9.99. The fourth-order valence-corrected chi connectivity index (χ4v) is 4.75. The van der Waals surface area contributed by atoms with Gasteiger partial charge in [-0.2, -0.15) is 0 Å². The number of hydrogen-bond acceptors (Lipinski definition) is 3. The Hall–Kier alpha value is -0.120. The highest BCUT2D eigenvalue weighted by Crippen LogP contribution is 2.29. The molecule has 2 heterocycles. The van der Waals surface area contributed by atoms with E-state index in [2.05, 4.69) is 22.0 Å². The number of rotatable bonds is 5. The summed E-state index contributed by atoms with van der Waals surface area (Å²) >= 11 is 0. The summed E-state index contributed by atoms with van der Waals surface area (Å²) in [5.41, 5.74) is 0. The molecule has 3 nitrogen and oxygen atoms in total. The second-order valence-corrected chi connectivity index (χ2v) is 7.13. The Kier molecular flexibility index (Phi) is 5.36. The van der Waals surface area contributed by atoms with Crippen LogP contribution in [0.3, 0.4) is 0 Å². The molecule has 0 aromatic carbocycles. The van der Waals surface area contributed by atoms with Crippen LogP contribution in [0.15, 0.2) is 0 Å². The highest BCUT2D eigenvalue weighted by molar-refractivity contribution is 4.87. The van der Waals surface area contributed by atoms with Gasteiger partial charge in [0.2, 0.25) is 0 Å². The lowest BCUT2D eigenvalue weighted by molar-refractivity contribution is 0.206. The topological polar surface area (TPSA) is 18.5 Å². The van der Waals surface area contributed by atoms with Crippen molar-refractivity contribution in [3.63, 3.8) is 0 Å². The highest BCUT2D eigenvalue weighted by atomic mass is 15.3. The Morgan fingerprint density at radius 2 is 1.90 bits per heavy atom. The van der Waals surface area contributed by atoms with E-state index < -0.39 is 0 Å². The largest absolute Gasteiger partial charge is 0.314 e. The molecule has 3 fully saturated rings. The van der Waals surface area contributed by atoms with Gasteiger partial charge in [0.05, 0.1) is 0 Å². The van der Waals surface area contributed by atoms with Crippen molar-refractivity contribution in [1.29, 1.82) is 0 Å². The maximum Gasteiger partial charge on any atom is 0.0223 e. The van der Waals surface area contributed by atoms with Crippen LogP contribution in [0.25, 0.3) is 0 Å². The van der Waals surface area contributed by atoms with E-state index in [1.165, 1.54) is 77.7 Å². The molecule has 3 aliphatic rings. The molecule has 1 aliphatic carbocycles. The molecule has 1 N–H and O–H groups in total. The number of nitrogens with one attached hydrogen (secondary N) is 1. The third-order valence-electron chi connectivity index (χ3n) is 5.83. The third-order valence-corrected chi connectivity index (χ3v) is 5.83. The van der Waals surface area contributed by atoms with Gasteiger partial charge in [-0.05, 0) is 77.2 Å². The molecule has 3 atom stereocenters. The van der Waals surface area contributed by atoms with Crippen molar-refractivity contribution in [3.05, 3.63) is 0 Å². The van der Waals surface area contributed by atoms with Gasteiger partial charge in [0, 0.05) is 18.6 Å². The molecule has 0 radical (unpaired) electrons. The van der Waals surface area contributed by atoms with E-state index in [-0.39, 0.29) is 0 Å².